The quantitative estimate of drug-likeness (QED) is 0.240. The predicted octanol–water partition coefficient (Wildman–Crippen LogP) is 9.28. The van der Waals surface area contributed by atoms with Gasteiger partial charge in [0.1, 0.15) is 0 Å². The lowest BCUT2D eigenvalue weighted by Gasteiger charge is -2.11. The van der Waals surface area contributed by atoms with Gasteiger partial charge in [0.15, 0.2) is 0 Å². The molecule has 8 aromatic rings. The molecule has 0 amide bonds. The van der Waals surface area contributed by atoms with Crippen molar-refractivity contribution in [1.29, 1.82) is 0 Å². The monoisotopic (exact) mass is 503 g/mol. The fourth-order valence-electron chi connectivity index (χ4n) is 5.57. The lowest BCUT2D eigenvalue weighted by molar-refractivity contribution is 1.02. The van der Waals surface area contributed by atoms with Crippen molar-refractivity contribution in [2.45, 2.75) is 0 Å². The van der Waals surface area contributed by atoms with Gasteiger partial charge in [-0.15, -0.1) is 11.3 Å². The van der Waals surface area contributed by atoms with E-state index >= 15 is 0 Å². The van der Waals surface area contributed by atoms with Crippen LogP contribution in [0.5, 0.6) is 0 Å². The van der Waals surface area contributed by atoms with Crippen molar-refractivity contribution in [3.8, 4) is 28.3 Å². The van der Waals surface area contributed by atoms with Gasteiger partial charge in [-0.3, -0.25) is 4.57 Å². The van der Waals surface area contributed by atoms with E-state index in [4.69, 9.17) is 9.97 Å². The summed E-state index contributed by atoms with van der Waals surface area (Å²) in [7, 11) is 0. The highest BCUT2D eigenvalue weighted by Gasteiger charge is 2.18. The van der Waals surface area contributed by atoms with Crippen molar-refractivity contribution in [2.24, 2.45) is 0 Å². The smallest absolute Gasteiger partial charge is 0.235 e. The number of nitrogens with zero attached hydrogens (tertiary/aromatic N) is 3. The lowest BCUT2D eigenvalue weighted by Crippen LogP contribution is -2.02. The first-order valence-electron chi connectivity index (χ1n) is 12.7. The van der Waals surface area contributed by atoms with Crippen molar-refractivity contribution >= 4 is 54.8 Å². The van der Waals surface area contributed by atoms with E-state index in [-0.39, 0.29) is 0 Å². The first kappa shape index (κ1) is 21.3. The average molecular weight is 504 g/mol. The van der Waals surface area contributed by atoms with Gasteiger partial charge >= 0.3 is 0 Å². The van der Waals surface area contributed by atoms with Crippen molar-refractivity contribution < 1.29 is 0 Å². The summed E-state index contributed by atoms with van der Waals surface area (Å²) in [6.07, 6.45) is 0. The standard InChI is InChI=1S/C34H21N3S/c1-2-8-22(9-3-1)23-14-16-25(17-15-23)33-28-20-38-21-29(28)35-34(36-33)37-30-13-7-6-12-27(30)32-26-11-5-4-10-24(26)18-19-31(32)37/h1-21H. The Morgan fingerprint density at radius 1 is 0.500 bits per heavy atom. The van der Waals surface area contributed by atoms with E-state index in [0.717, 1.165) is 33.2 Å². The van der Waals surface area contributed by atoms with Gasteiger partial charge in [0, 0.05) is 32.5 Å². The summed E-state index contributed by atoms with van der Waals surface area (Å²) in [4.78, 5) is 10.3. The number of benzene rings is 5. The third-order valence-corrected chi connectivity index (χ3v) is 8.09. The van der Waals surface area contributed by atoms with E-state index in [0.29, 0.717) is 5.95 Å². The van der Waals surface area contributed by atoms with Crippen molar-refractivity contribution in [2.75, 3.05) is 0 Å². The highest BCUT2D eigenvalue weighted by molar-refractivity contribution is 7.09. The van der Waals surface area contributed by atoms with Crippen LogP contribution in [0, 0.1) is 0 Å². The van der Waals surface area contributed by atoms with Crippen molar-refractivity contribution in [1.82, 2.24) is 14.5 Å². The van der Waals surface area contributed by atoms with Crippen LogP contribution in [-0.4, -0.2) is 14.5 Å². The van der Waals surface area contributed by atoms with Crippen LogP contribution in [0.1, 0.15) is 0 Å². The first-order chi connectivity index (χ1) is 18.8. The molecule has 3 nitrogen and oxygen atoms in total. The highest BCUT2D eigenvalue weighted by Crippen LogP contribution is 2.37. The van der Waals surface area contributed by atoms with E-state index < -0.39 is 0 Å². The second kappa shape index (κ2) is 8.37. The zero-order valence-corrected chi connectivity index (χ0v) is 21.2. The Kier molecular flexibility index (Phi) is 4.69. The number of thiophene rings is 1. The Morgan fingerprint density at radius 2 is 1.21 bits per heavy atom. The van der Waals surface area contributed by atoms with E-state index in [1.165, 1.54) is 32.7 Å². The average Bonchev–Trinajstić information content (AvgIpc) is 3.60. The number of aromatic nitrogens is 3. The molecule has 0 saturated heterocycles. The lowest BCUT2D eigenvalue weighted by atomic mass is 10.0. The third-order valence-electron chi connectivity index (χ3n) is 7.36. The summed E-state index contributed by atoms with van der Waals surface area (Å²) in [5.41, 5.74) is 7.64. The largest absolute Gasteiger partial charge is 0.278 e. The van der Waals surface area contributed by atoms with E-state index in [9.17, 15) is 0 Å². The number of para-hydroxylation sites is 1. The fraction of sp³-hybridized carbons (Fsp3) is 0. The summed E-state index contributed by atoms with van der Waals surface area (Å²) < 4.78 is 2.22. The summed E-state index contributed by atoms with van der Waals surface area (Å²) in [6, 6.07) is 40.7. The normalized spacial score (nSPS) is 11.7. The molecule has 0 bridgehead atoms. The molecule has 0 aliphatic rings. The first-order valence-corrected chi connectivity index (χ1v) is 13.6. The molecule has 0 aliphatic heterocycles. The summed E-state index contributed by atoms with van der Waals surface area (Å²) in [5, 5.41) is 10.3. The molecule has 0 spiro atoms. The van der Waals surface area contributed by atoms with Gasteiger partial charge in [0.2, 0.25) is 5.95 Å². The van der Waals surface area contributed by atoms with Gasteiger partial charge < -0.3 is 0 Å². The molecular formula is C34H21N3S. The molecule has 8 rings (SSSR count). The molecule has 0 saturated carbocycles. The van der Waals surface area contributed by atoms with Crippen LogP contribution in [0.3, 0.4) is 0 Å². The molecule has 0 atom stereocenters. The van der Waals surface area contributed by atoms with Crippen LogP contribution < -0.4 is 0 Å². The second-order valence-corrected chi connectivity index (χ2v) is 10.3. The van der Waals surface area contributed by atoms with Crippen molar-refractivity contribution in [3.05, 3.63) is 126 Å². The molecule has 5 aromatic carbocycles. The van der Waals surface area contributed by atoms with Gasteiger partial charge in [0.05, 0.1) is 22.2 Å². The predicted molar refractivity (Wildman–Crippen MR) is 160 cm³/mol. The number of hydrogen-bond donors (Lipinski definition) is 0. The molecule has 3 aromatic heterocycles. The summed E-state index contributed by atoms with van der Waals surface area (Å²) in [6.45, 7) is 0. The van der Waals surface area contributed by atoms with Crippen LogP contribution in [0.2, 0.25) is 0 Å². The maximum atomic E-state index is 5.23. The van der Waals surface area contributed by atoms with Crippen molar-refractivity contribution in [3.63, 3.8) is 0 Å². The Bertz CT molecular complexity index is 2120. The summed E-state index contributed by atoms with van der Waals surface area (Å²) >= 11 is 1.67. The zero-order chi connectivity index (χ0) is 25.1. The molecule has 0 unspecified atom stereocenters. The Balaban J connectivity index is 1.38. The van der Waals surface area contributed by atoms with Gasteiger partial charge in [-0.2, -0.15) is 0 Å². The van der Waals surface area contributed by atoms with Crippen LogP contribution in [0.25, 0.3) is 71.8 Å². The van der Waals surface area contributed by atoms with E-state index in [1.54, 1.807) is 11.3 Å². The van der Waals surface area contributed by atoms with E-state index in [2.05, 4.69) is 125 Å². The molecular weight excluding hydrogens is 482 g/mol. The maximum absolute atomic E-state index is 5.23. The maximum Gasteiger partial charge on any atom is 0.235 e. The molecule has 0 radical (unpaired) electrons. The molecule has 3 heterocycles. The van der Waals surface area contributed by atoms with Crippen LogP contribution >= 0.6 is 11.3 Å². The number of rotatable bonds is 3. The minimum atomic E-state index is 0.694. The Morgan fingerprint density at radius 3 is 2.08 bits per heavy atom. The van der Waals surface area contributed by atoms with Gasteiger partial charge in [-0.1, -0.05) is 103 Å². The minimum absolute atomic E-state index is 0.694. The van der Waals surface area contributed by atoms with Gasteiger partial charge in [-0.05, 0) is 34.0 Å². The fourth-order valence-corrected chi connectivity index (χ4v) is 6.32. The molecule has 178 valence electrons. The second-order valence-electron chi connectivity index (χ2n) is 9.52. The zero-order valence-electron chi connectivity index (χ0n) is 20.4. The molecule has 0 fully saturated rings. The Hall–Kier alpha value is -4.80. The molecule has 38 heavy (non-hydrogen) atoms. The van der Waals surface area contributed by atoms with Crippen LogP contribution in [0.4, 0.5) is 0 Å². The summed E-state index contributed by atoms with van der Waals surface area (Å²) in [5.74, 6) is 0.694. The van der Waals surface area contributed by atoms with Crippen LogP contribution in [-0.2, 0) is 0 Å². The SMILES string of the molecule is c1ccc(-c2ccc(-c3nc(-n4c5ccccc5c5c6ccccc6ccc54)nc4cscc34)cc2)cc1. The topological polar surface area (TPSA) is 30.7 Å². The molecule has 4 heteroatoms. The Labute approximate surface area is 223 Å². The number of fused-ring (bicyclic) bond motifs is 6. The number of hydrogen-bond acceptors (Lipinski definition) is 3. The third kappa shape index (κ3) is 3.21. The van der Waals surface area contributed by atoms with Gasteiger partial charge in [-0.25, -0.2) is 9.97 Å². The highest BCUT2D eigenvalue weighted by atomic mass is 32.1. The van der Waals surface area contributed by atoms with E-state index in [1.807, 2.05) is 6.07 Å². The minimum Gasteiger partial charge on any atom is -0.278 e. The molecule has 0 aliphatic carbocycles. The van der Waals surface area contributed by atoms with Crippen LogP contribution in [0.15, 0.2) is 126 Å². The molecule has 0 N–H and O–H groups in total. The van der Waals surface area contributed by atoms with Gasteiger partial charge in [0.25, 0.3) is 0 Å².